The molecule has 1 rings (SSSR count). The lowest BCUT2D eigenvalue weighted by atomic mass is 9.78. The molecule has 0 aromatic carbocycles. The lowest BCUT2D eigenvalue weighted by Gasteiger charge is -2.38. The van der Waals surface area contributed by atoms with Crippen molar-refractivity contribution in [1.29, 1.82) is 0 Å². The minimum atomic E-state index is -0.111. The second-order valence-corrected chi connectivity index (χ2v) is 4.54. The molecule has 76 valence electrons. The summed E-state index contributed by atoms with van der Waals surface area (Å²) in [5, 5.41) is 2.99. The minimum Gasteiger partial charge on any atom is -0.350 e. The van der Waals surface area contributed by atoms with E-state index in [4.69, 9.17) is 11.6 Å². The van der Waals surface area contributed by atoms with Gasteiger partial charge in [-0.15, -0.1) is 11.6 Å². The molecule has 1 aliphatic rings. The van der Waals surface area contributed by atoms with Crippen molar-refractivity contribution in [2.75, 3.05) is 5.88 Å². The third kappa shape index (κ3) is 2.87. The summed E-state index contributed by atoms with van der Waals surface area (Å²) >= 11 is 5.91. The van der Waals surface area contributed by atoms with Crippen molar-refractivity contribution in [3.63, 3.8) is 0 Å². The molecule has 0 atom stereocenters. The Morgan fingerprint density at radius 3 is 2.46 bits per heavy atom. The molecule has 1 fully saturated rings. The Hall–Kier alpha value is -0.240. The van der Waals surface area contributed by atoms with E-state index in [9.17, 15) is 4.79 Å². The molecule has 3 heteroatoms. The van der Waals surface area contributed by atoms with Gasteiger partial charge in [-0.05, 0) is 31.6 Å². The van der Waals surface area contributed by atoms with Gasteiger partial charge in [0.25, 0.3) is 0 Å². The van der Waals surface area contributed by atoms with Crippen LogP contribution >= 0.6 is 11.6 Å². The molecule has 0 unspecified atom stereocenters. The first-order valence-electron chi connectivity index (χ1n) is 4.93. The molecule has 0 heterocycles. The van der Waals surface area contributed by atoms with E-state index in [0.29, 0.717) is 5.88 Å². The highest BCUT2D eigenvalue weighted by molar-refractivity contribution is 6.18. The summed E-state index contributed by atoms with van der Waals surface area (Å²) in [6.07, 6.45) is 4.40. The Morgan fingerprint density at radius 2 is 2.08 bits per heavy atom. The highest BCUT2D eigenvalue weighted by Gasteiger charge is 2.33. The second kappa shape index (κ2) is 4.32. The Kier molecular flexibility index (Phi) is 3.60. The number of rotatable bonds is 2. The van der Waals surface area contributed by atoms with Gasteiger partial charge in [0.05, 0.1) is 5.54 Å². The normalized spacial score (nSPS) is 34.2. The number of nitrogens with one attached hydrogen (secondary N) is 1. The third-order valence-corrected chi connectivity index (χ3v) is 3.44. The molecule has 0 bridgehead atoms. The standard InChI is InChI=1S/C10H18ClNO/c1-8-3-5-10(7-11,6-4-8)12-9(2)13/h8H,3-7H2,1-2H3,(H,12,13). The van der Waals surface area contributed by atoms with Gasteiger partial charge in [-0.2, -0.15) is 0 Å². The van der Waals surface area contributed by atoms with E-state index < -0.39 is 0 Å². The summed E-state index contributed by atoms with van der Waals surface area (Å²) in [5.74, 6) is 1.36. The molecule has 13 heavy (non-hydrogen) atoms. The van der Waals surface area contributed by atoms with Crippen LogP contribution in [0.3, 0.4) is 0 Å². The second-order valence-electron chi connectivity index (χ2n) is 4.28. The first-order valence-corrected chi connectivity index (χ1v) is 5.46. The van der Waals surface area contributed by atoms with Gasteiger partial charge in [0.15, 0.2) is 0 Å². The van der Waals surface area contributed by atoms with E-state index in [1.54, 1.807) is 6.92 Å². The maximum atomic E-state index is 11.0. The van der Waals surface area contributed by atoms with E-state index in [2.05, 4.69) is 12.2 Å². The molecular weight excluding hydrogens is 186 g/mol. The van der Waals surface area contributed by atoms with Crippen LogP contribution in [0.4, 0.5) is 0 Å². The summed E-state index contributed by atoms with van der Waals surface area (Å²) in [7, 11) is 0. The van der Waals surface area contributed by atoms with Crippen molar-refractivity contribution in [1.82, 2.24) is 5.32 Å². The zero-order valence-electron chi connectivity index (χ0n) is 8.40. The molecule has 2 nitrogen and oxygen atoms in total. The molecule has 0 aliphatic heterocycles. The SMILES string of the molecule is CC(=O)NC1(CCl)CCC(C)CC1. The van der Waals surface area contributed by atoms with Gasteiger partial charge in [-0.25, -0.2) is 0 Å². The topological polar surface area (TPSA) is 29.1 Å². The lowest BCUT2D eigenvalue weighted by Crippen LogP contribution is -2.51. The third-order valence-electron chi connectivity index (χ3n) is 2.93. The van der Waals surface area contributed by atoms with Crippen LogP contribution in [0.15, 0.2) is 0 Å². The van der Waals surface area contributed by atoms with Crippen molar-refractivity contribution in [2.24, 2.45) is 5.92 Å². The van der Waals surface area contributed by atoms with Crippen molar-refractivity contribution >= 4 is 17.5 Å². The molecule has 1 aliphatic carbocycles. The summed E-state index contributed by atoms with van der Waals surface area (Å²) < 4.78 is 0. The fourth-order valence-electron chi connectivity index (χ4n) is 1.98. The lowest BCUT2D eigenvalue weighted by molar-refractivity contribution is -0.121. The highest BCUT2D eigenvalue weighted by Crippen LogP contribution is 2.32. The molecule has 1 amide bonds. The Labute approximate surface area is 85.0 Å². The van der Waals surface area contributed by atoms with Gasteiger partial charge in [-0.1, -0.05) is 6.92 Å². The summed E-state index contributed by atoms with van der Waals surface area (Å²) in [6, 6.07) is 0. The molecule has 0 radical (unpaired) electrons. The van der Waals surface area contributed by atoms with Crippen LogP contribution in [0.1, 0.15) is 39.5 Å². The van der Waals surface area contributed by atoms with Crippen molar-refractivity contribution in [3.8, 4) is 0 Å². The summed E-state index contributed by atoms with van der Waals surface area (Å²) in [6.45, 7) is 3.82. The summed E-state index contributed by atoms with van der Waals surface area (Å²) in [5.41, 5.74) is -0.111. The Bertz CT molecular complexity index is 185. The number of hydrogen-bond acceptors (Lipinski definition) is 1. The van der Waals surface area contributed by atoms with Gasteiger partial charge < -0.3 is 5.32 Å². The van der Waals surface area contributed by atoms with E-state index in [-0.39, 0.29) is 11.4 Å². The van der Waals surface area contributed by atoms with Crippen LogP contribution < -0.4 is 5.32 Å². The van der Waals surface area contributed by atoms with Gasteiger partial charge >= 0.3 is 0 Å². The number of carbonyl (C=O) groups excluding carboxylic acids is 1. The zero-order chi connectivity index (χ0) is 9.90. The molecule has 0 saturated heterocycles. The average Bonchev–Trinajstić information content (AvgIpc) is 2.09. The maximum Gasteiger partial charge on any atom is 0.217 e. The van der Waals surface area contributed by atoms with Crippen LogP contribution in [0.5, 0.6) is 0 Å². The van der Waals surface area contributed by atoms with Crippen molar-refractivity contribution in [3.05, 3.63) is 0 Å². The highest BCUT2D eigenvalue weighted by atomic mass is 35.5. The maximum absolute atomic E-state index is 11.0. The number of halogens is 1. The number of hydrogen-bond donors (Lipinski definition) is 1. The fraction of sp³-hybridized carbons (Fsp3) is 0.900. The predicted octanol–water partition coefficient (Wildman–Crippen LogP) is 2.31. The molecule has 0 aromatic heterocycles. The first kappa shape index (κ1) is 10.8. The van der Waals surface area contributed by atoms with Crippen LogP contribution in [0.2, 0.25) is 0 Å². The average molecular weight is 204 g/mol. The van der Waals surface area contributed by atoms with Crippen molar-refractivity contribution < 1.29 is 4.79 Å². The molecule has 0 aromatic rings. The number of alkyl halides is 1. The van der Waals surface area contributed by atoms with Gasteiger partial charge in [-0.3, -0.25) is 4.79 Å². The number of carbonyl (C=O) groups is 1. The predicted molar refractivity (Wildman–Crippen MR) is 54.9 cm³/mol. The van der Waals surface area contributed by atoms with Crippen LogP contribution in [-0.2, 0) is 4.79 Å². The Balaban J connectivity index is 2.55. The molecular formula is C10H18ClNO. The smallest absolute Gasteiger partial charge is 0.217 e. The number of amides is 1. The molecule has 0 spiro atoms. The van der Waals surface area contributed by atoms with Crippen molar-refractivity contribution in [2.45, 2.75) is 45.1 Å². The van der Waals surface area contributed by atoms with Crippen LogP contribution in [-0.4, -0.2) is 17.3 Å². The molecule has 1 N–H and O–H groups in total. The van der Waals surface area contributed by atoms with Crippen LogP contribution in [0.25, 0.3) is 0 Å². The van der Waals surface area contributed by atoms with E-state index in [1.807, 2.05) is 0 Å². The van der Waals surface area contributed by atoms with E-state index in [1.165, 1.54) is 12.8 Å². The van der Waals surface area contributed by atoms with E-state index >= 15 is 0 Å². The minimum absolute atomic E-state index is 0.0372. The van der Waals surface area contributed by atoms with E-state index in [0.717, 1.165) is 18.8 Å². The Morgan fingerprint density at radius 1 is 1.54 bits per heavy atom. The fourth-order valence-corrected chi connectivity index (χ4v) is 2.31. The first-order chi connectivity index (χ1) is 6.08. The quantitative estimate of drug-likeness (QED) is 0.686. The summed E-state index contributed by atoms with van der Waals surface area (Å²) in [4.78, 5) is 11.0. The monoisotopic (exact) mass is 203 g/mol. The van der Waals surface area contributed by atoms with Crippen LogP contribution in [0, 0.1) is 5.92 Å². The van der Waals surface area contributed by atoms with Gasteiger partial charge in [0.2, 0.25) is 5.91 Å². The van der Waals surface area contributed by atoms with Gasteiger partial charge in [0.1, 0.15) is 0 Å². The van der Waals surface area contributed by atoms with Gasteiger partial charge in [0, 0.05) is 12.8 Å². The largest absolute Gasteiger partial charge is 0.350 e. The zero-order valence-corrected chi connectivity index (χ0v) is 9.16. The molecule has 1 saturated carbocycles.